The molecule has 6 heteroatoms. The molecule has 0 aromatic carbocycles. The number of rotatable bonds is 48. The summed E-state index contributed by atoms with van der Waals surface area (Å²) in [6.45, 7) is 6.57. The van der Waals surface area contributed by atoms with Gasteiger partial charge in [-0.25, -0.2) is 0 Å². The second kappa shape index (κ2) is 51.0. The molecule has 0 saturated carbocycles. The first-order valence-electron chi connectivity index (χ1n) is 26.6. The first-order chi connectivity index (χ1) is 30.5. The molecule has 6 nitrogen and oxygen atoms in total. The fraction of sp³-hybridized carbons (Fsp3) is 0.804. The summed E-state index contributed by atoms with van der Waals surface area (Å²) in [4.78, 5) is 37.8. The lowest BCUT2D eigenvalue weighted by Gasteiger charge is -2.18. The highest BCUT2D eigenvalue weighted by Crippen LogP contribution is 2.15. The molecule has 0 aromatic rings. The van der Waals surface area contributed by atoms with Crippen LogP contribution in [0.25, 0.3) is 0 Å². The lowest BCUT2D eigenvalue weighted by Crippen LogP contribution is -2.30. The second-order valence-electron chi connectivity index (χ2n) is 17.8. The van der Waals surface area contributed by atoms with Crippen molar-refractivity contribution in [1.29, 1.82) is 0 Å². The van der Waals surface area contributed by atoms with Crippen molar-refractivity contribution in [2.24, 2.45) is 0 Å². The van der Waals surface area contributed by atoms with E-state index in [0.29, 0.717) is 19.3 Å². The number of ether oxygens (including phenoxy) is 3. The summed E-state index contributed by atoms with van der Waals surface area (Å²) in [6.07, 6.45) is 61.1. The summed E-state index contributed by atoms with van der Waals surface area (Å²) < 4.78 is 16.7. The summed E-state index contributed by atoms with van der Waals surface area (Å²) in [5.41, 5.74) is 0. The van der Waals surface area contributed by atoms with E-state index in [1.165, 1.54) is 141 Å². The smallest absolute Gasteiger partial charge is 0.306 e. The van der Waals surface area contributed by atoms with Crippen LogP contribution in [-0.4, -0.2) is 37.2 Å². The highest BCUT2D eigenvalue weighted by atomic mass is 16.6. The van der Waals surface area contributed by atoms with Gasteiger partial charge in [0.05, 0.1) is 0 Å². The van der Waals surface area contributed by atoms with Crippen LogP contribution in [0.15, 0.2) is 48.6 Å². The van der Waals surface area contributed by atoms with Gasteiger partial charge < -0.3 is 14.2 Å². The number of hydrogen-bond acceptors (Lipinski definition) is 6. The molecule has 360 valence electrons. The van der Waals surface area contributed by atoms with E-state index in [-0.39, 0.29) is 31.1 Å². The third kappa shape index (κ3) is 48.4. The molecule has 0 aliphatic rings. The molecular formula is C56H100O6. The quantitative estimate of drug-likeness (QED) is 0.0262. The molecule has 0 rings (SSSR count). The predicted octanol–water partition coefficient (Wildman–Crippen LogP) is 17.5. The molecule has 0 aromatic heterocycles. The number of unbranched alkanes of at least 4 members (excludes halogenated alkanes) is 29. The summed E-state index contributed by atoms with van der Waals surface area (Å²) in [6, 6.07) is 0. The summed E-state index contributed by atoms with van der Waals surface area (Å²) in [7, 11) is 0. The minimum atomic E-state index is -0.778. The van der Waals surface area contributed by atoms with Gasteiger partial charge in [-0.15, -0.1) is 0 Å². The highest BCUT2D eigenvalue weighted by Gasteiger charge is 2.19. The molecule has 0 amide bonds. The van der Waals surface area contributed by atoms with Gasteiger partial charge in [-0.05, 0) is 83.5 Å². The maximum absolute atomic E-state index is 12.8. The van der Waals surface area contributed by atoms with E-state index in [4.69, 9.17) is 14.2 Å². The molecule has 0 fully saturated rings. The van der Waals surface area contributed by atoms with Gasteiger partial charge in [-0.3, -0.25) is 14.4 Å². The fourth-order valence-corrected chi connectivity index (χ4v) is 7.50. The zero-order valence-corrected chi connectivity index (χ0v) is 41.1. The van der Waals surface area contributed by atoms with Gasteiger partial charge in [0.2, 0.25) is 0 Å². The second-order valence-corrected chi connectivity index (χ2v) is 17.8. The third-order valence-electron chi connectivity index (χ3n) is 11.6. The lowest BCUT2D eigenvalue weighted by atomic mass is 10.1. The number of esters is 3. The molecule has 0 bridgehead atoms. The van der Waals surface area contributed by atoms with E-state index in [9.17, 15) is 14.4 Å². The van der Waals surface area contributed by atoms with E-state index < -0.39 is 6.10 Å². The Balaban J connectivity index is 4.24. The number of allylic oxidation sites excluding steroid dienone is 8. The first-order valence-corrected chi connectivity index (χ1v) is 26.6. The number of carbonyl (C=O) groups excluding carboxylic acids is 3. The van der Waals surface area contributed by atoms with Crippen LogP contribution in [0.5, 0.6) is 0 Å². The average molecular weight is 869 g/mol. The van der Waals surface area contributed by atoms with E-state index in [0.717, 1.165) is 89.9 Å². The first kappa shape index (κ1) is 59.4. The maximum atomic E-state index is 12.8. The molecule has 1 atom stereocenters. The van der Waals surface area contributed by atoms with Crippen LogP contribution in [0.4, 0.5) is 0 Å². The van der Waals surface area contributed by atoms with Crippen LogP contribution < -0.4 is 0 Å². The zero-order chi connectivity index (χ0) is 45.1. The Bertz CT molecular complexity index is 1090. The Kier molecular flexibility index (Phi) is 48.8. The van der Waals surface area contributed by atoms with Gasteiger partial charge in [0.1, 0.15) is 13.2 Å². The van der Waals surface area contributed by atoms with Crippen molar-refractivity contribution >= 4 is 17.9 Å². The van der Waals surface area contributed by atoms with Gasteiger partial charge in [0.25, 0.3) is 0 Å². The Morgan fingerprint density at radius 1 is 0.323 bits per heavy atom. The molecule has 0 spiro atoms. The normalized spacial score (nSPS) is 12.4. The van der Waals surface area contributed by atoms with Crippen molar-refractivity contribution in [3.05, 3.63) is 48.6 Å². The van der Waals surface area contributed by atoms with Crippen molar-refractivity contribution in [1.82, 2.24) is 0 Å². The average Bonchev–Trinajstić information content (AvgIpc) is 3.27. The van der Waals surface area contributed by atoms with Crippen LogP contribution in [0, 0.1) is 0 Å². The van der Waals surface area contributed by atoms with Gasteiger partial charge in [-0.1, -0.05) is 217 Å². The van der Waals surface area contributed by atoms with E-state index in [1.54, 1.807) is 0 Å². The largest absolute Gasteiger partial charge is 0.462 e. The maximum Gasteiger partial charge on any atom is 0.306 e. The monoisotopic (exact) mass is 869 g/mol. The molecule has 0 aliphatic heterocycles. The molecule has 0 heterocycles. The van der Waals surface area contributed by atoms with Crippen molar-refractivity contribution in [2.45, 2.75) is 277 Å². The molecular weight excluding hydrogens is 769 g/mol. The van der Waals surface area contributed by atoms with Crippen LogP contribution >= 0.6 is 0 Å². The van der Waals surface area contributed by atoms with Crippen molar-refractivity contribution in [2.75, 3.05) is 13.2 Å². The molecule has 0 aliphatic carbocycles. The van der Waals surface area contributed by atoms with Gasteiger partial charge in [0, 0.05) is 19.3 Å². The van der Waals surface area contributed by atoms with Crippen LogP contribution in [0.2, 0.25) is 0 Å². The molecule has 0 radical (unpaired) electrons. The van der Waals surface area contributed by atoms with Crippen molar-refractivity contribution in [3.63, 3.8) is 0 Å². The van der Waals surface area contributed by atoms with E-state index >= 15 is 0 Å². The predicted molar refractivity (Wildman–Crippen MR) is 265 cm³/mol. The van der Waals surface area contributed by atoms with Gasteiger partial charge in [0.15, 0.2) is 6.10 Å². The summed E-state index contributed by atoms with van der Waals surface area (Å²) in [5.74, 6) is -0.897. The number of carbonyl (C=O) groups is 3. The van der Waals surface area contributed by atoms with Crippen LogP contribution in [-0.2, 0) is 28.6 Å². The lowest BCUT2D eigenvalue weighted by molar-refractivity contribution is -0.167. The fourth-order valence-electron chi connectivity index (χ4n) is 7.50. The van der Waals surface area contributed by atoms with E-state index in [2.05, 4.69) is 69.4 Å². The standard InChI is InChI=1S/C56H100O6/c1-4-7-10-13-16-18-20-22-24-26-27-28-29-30-32-33-35-37-40-43-46-49-55(58)61-52-53(51-60-54(57)48-45-42-39-15-12-9-6-3)62-56(59)50-47-44-41-38-36-34-31-25-23-21-19-17-14-11-8-5-2/h19-22,25-27,31,53H,4-18,23-24,28-30,32-52H2,1-3H3/b21-19-,22-20-,27-26-,31-25-. The molecule has 62 heavy (non-hydrogen) atoms. The molecule has 1 unspecified atom stereocenters. The Labute approximate surface area is 384 Å². The Morgan fingerprint density at radius 3 is 0.903 bits per heavy atom. The van der Waals surface area contributed by atoms with Crippen molar-refractivity contribution < 1.29 is 28.6 Å². The summed E-state index contributed by atoms with van der Waals surface area (Å²) >= 11 is 0. The highest BCUT2D eigenvalue weighted by molar-refractivity contribution is 5.71. The Hall–Kier alpha value is -2.63. The van der Waals surface area contributed by atoms with Gasteiger partial charge in [-0.2, -0.15) is 0 Å². The summed E-state index contributed by atoms with van der Waals surface area (Å²) in [5, 5.41) is 0. The third-order valence-corrected chi connectivity index (χ3v) is 11.6. The molecule has 0 N–H and O–H groups in total. The minimum Gasteiger partial charge on any atom is -0.462 e. The van der Waals surface area contributed by atoms with Gasteiger partial charge >= 0.3 is 17.9 Å². The minimum absolute atomic E-state index is 0.0791. The van der Waals surface area contributed by atoms with Crippen molar-refractivity contribution in [3.8, 4) is 0 Å². The number of hydrogen-bond donors (Lipinski definition) is 0. The SMILES string of the molecule is CCCCCC/C=C\C/C=C\CCCCCCCC(=O)OC(COC(=O)CCCCCCCCC)COC(=O)CCCCCCCCCCC/C=C\C/C=C\CCCCCCC. The van der Waals surface area contributed by atoms with Crippen LogP contribution in [0.3, 0.4) is 0 Å². The van der Waals surface area contributed by atoms with E-state index in [1.807, 2.05) is 0 Å². The van der Waals surface area contributed by atoms with Crippen LogP contribution in [0.1, 0.15) is 271 Å². The topological polar surface area (TPSA) is 78.9 Å². The Morgan fingerprint density at radius 2 is 0.581 bits per heavy atom. The molecule has 0 saturated heterocycles. The zero-order valence-electron chi connectivity index (χ0n) is 41.1.